The van der Waals surface area contributed by atoms with Gasteiger partial charge in [0, 0.05) is 18.5 Å². The lowest BCUT2D eigenvalue weighted by atomic mass is 10.2. The average molecular weight is 235 g/mol. The average Bonchev–Trinajstić information content (AvgIpc) is 2.26. The van der Waals surface area contributed by atoms with Crippen molar-refractivity contribution in [3.8, 4) is 12.3 Å². The number of halogens is 1. The maximum atomic E-state index is 13.2. The zero-order valence-corrected chi connectivity index (χ0v) is 8.87. The minimum absolute atomic E-state index is 0.138. The molecule has 17 heavy (non-hydrogen) atoms. The van der Waals surface area contributed by atoms with Gasteiger partial charge in [-0.25, -0.2) is 9.18 Å². The molecule has 0 unspecified atom stereocenters. The van der Waals surface area contributed by atoms with Crippen molar-refractivity contribution in [3.05, 3.63) is 29.6 Å². The maximum absolute atomic E-state index is 13.2. The summed E-state index contributed by atoms with van der Waals surface area (Å²) in [6.07, 6.45) is 5.42. The molecule has 1 aromatic rings. The third kappa shape index (κ3) is 3.61. The van der Waals surface area contributed by atoms with Gasteiger partial charge in [0.25, 0.3) is 0 Å². The van der Waals surface area contributed by atoms with Crippen molar-refractivity contribution in [3.63, 3.8) is 0 Å². The summed E-state index contributed by atoms with van der Waals surface area (Å²) in [6.45, 7) is 0. The fourth-order valence-electron chi connectivity index (χ4n) is 1.18. The van der Waals surface area contributed by atoms with Gasteiger partial charge in [-0.15, -0.1) is 12.3 Å². The second kappa shape index (κ2) is 5.66. The zero-order chi connectivity index (χ0) is 12.8. The molecule has 1 rings (SSSR count). The van der Waals surface area contributed by atoms with E-state index in [1.807, 2.05) is 0 Å². The molecule has 0 saturated carbocycles. The molecule has 0 bridgehead atoms. The predicted octanol–water partition coefficient (Wildman–Crippen LogP) is 1.88. The Kier molecular flexibility index (Phi) is 4.23. The number of rotatable bonds is 4. The molecule has 0 aliphatic rings. The molecule has 0 radical (unpaired) electrons. The van der Waals surface area contributed by atoms with Crippen molar-refractivity contribution in [2.75, 3.05) is 5.32 Å². The van der Waals surface area contributed by atoms with Gasteiger partial charge in [0.2, 0.25) is 5.91 Å². The van der Waals surface area contributed by atoms with Crippen LogP contribution in [0.4, 0.5) is 10.1 Å². The number of carboxylic acids is 1. The van der Waals surface area contributed by atoms with Crippen LogP contribution < -0.4 is 5.32 Å². The first-order chi connectivity index (χ1) is 8.04. The van der Waals surface area contributed by atoms with E-state index in [9.17, 15) is 14.0 Å². The number of carboxylic acid groups (broad SMARTS) is 1. The summed E-state index contributed by atoms with van der Waals surface area (Å²) >= 11 is 0. The smallest absolute Gasteiger partial charge is 0.338 e. The molecule has 0 spiro atoms. The number of hydrogen-bond donors (Lipinski definition) is 2. The summed E-state index contributed by atoms with van der Waals surface area (Å²) in [4.78, 5) is 21.8. The van der Waals surface area contributed by atoms with Crippen LogP contribution in [-0.4, -0.2) is 17.0 Å². The van der Waals surface area contributed by atoms with Crippen LogP contribution in [0.5, 0.6) is 0 Å². The number of aromatic carboxylic acids is 1. The van der Waals surface area contributed by atoms with Crippen molar-refractivity contribution >= 4 is 17.6 Å². The predicted molar refractivity (Wildman–Crippen MR) is 60.1 cm³/mol. The number of terminal acetylenes is 1. The van der Waals surface area contributed by atoms with Crippen LogP contribution in [0.3, 0.4) is 0 Å². The van der Waals surface area contributed by atoms with Crippen LogP contribution in [0.15, 0.2) is 18.2 Å². The maximum Gasteiger partial charge on any atom is 0.338 e. The minimum atomic E-state index is -1.35. The largest absolute Gasteiger partial charge is 0.478 e. The minimum Gasteiger partial charge on any atom is -0.478 e. The topological polar surface area (TPSA) is 66.4 Å². The summed E-state index contributed by atoms with van der Waals surface area (Å²) in [7, 11) is 0. The summed E-state index contributed by atoms with van der Waals surface area (Å²) in [6, 6.07) is 3.37. The molecule has 0 aliphatic heterocycles. The van der Waals surface area contributed by atoms with Gasteiger partial charge in [-0.3, -0.25) is 4.79 Å². The molecule has 4 nitrogen and oxygen atoms in total. The number of hydrogen-bond acceptors (Lipinski definition) is 2. The Balaban J connectivity index is 2.75. The van der Waals surface area contributed by atoms with Crippen LogP contribution in [-0.2, 0) is 4.79 Å². The van der Waals surface area contributed by atoms with Crippen LogP contribution in [0.1, 0.15) is 23.2 Å². The molecule has 1 amide bonds. The molecule has 1 aromatic carbocycles. The Morgan fingerprint density at radius 1 is 1.47 bits per heavy atom. The van der Waals surface area contributed by atoms with Crippen LogP contribution >= 0.6 is 0 Å². The van der Waals surface area contributed by atoms with E-state index in [0.717, 1.165) is 12.1 Å². The number of nitrogens with one attached hydrogen (secondary N) is 1. The third-order valence-electron chi connectivity index (χ3n) is 1.98. The molecule has 2 N–H and O–H groups in total. The summed E-state index contributed by atoms with van der Waals surface area (Å²) in [5.74, 6) is -0.285. The molecular weight excluding hydrogens is 225 g/mol. The highest BCUT2D eigenvalue weighted by Crippen LogP contribution is 2.14. The van der Waals surface area contributed by atoms with Gasteiger partial charge in [0.15, 0.2) is 0 Å². The molecule has 0 saturated heterocycles. The Labute approximate surface area is 97.5 Å². The lowest BCUT2D eigenvalue weighted by Gasteiger charge is -2.05. The lowest BCUT2D eigenvalue weighted by Crippen LogP contribution is -2.11. The van der Waals surface area contributed by atoms with Gasteiger partial charge >= 0.3 is 5.97 Å². The van der Waals surface area contributed by atoms with E-state index < -0.39 is 17.3 Å². The van der Waals surface area contributed by atoms with Gasteiger partial charge in [0.05, 0.1) is 5.56 Å². The Bertz CT molecular complexity index is 491. The summed E-state index contributed by atoms with van der Waals surface area (Å²) in [5, 5.41) is 11.0. The second-order valence-electron chi connectivity index (χ2n) is 3.25. The number of amides is 1. The lowest BCUT2D eigenvalue weighted by molar-refractivity contribution is -0.116. The Morgan fingerprint density at radius 3 is 2.71 bits per heavy atom. The van der Waals surface area contributed by atoms with E-state index in [-0.39, 0.29) is 18.0 Å². The van der Waals surface area contributed by atoms with Crippen molar-refractivity contribution < 1.29 is 19.1 Å². The normalized spacial score (nSPS) is 9.41. The number of carbonyl (C=O) groups is 2. The highest BCUT2D eigenvalue weighted by molar-refractivity contribution is 5.92. The second-order valence-corrected chi connectivity index (χ2v) is 3.25. The van der Waals surface area contributed by atoms with Crippen LogP contribution in [0, 0.1) is 18.2 Å². The number of anilines is 1. The molecule has 0 atom stereocenters. The quantitative estimate of drug-likeness (QED) is 0.783. The molecule has 0 aromatic heterocycles. The SMILES string of the molecule is C#CCCC(=O)Nc1ccc(C(=O)O)c(F)c1. The Hall–Kier alpha value is -2.35. The first-order valence-corrected chi connectivity index (χ1v) is 4.80. The van der Waals surface area contributed by atoms with Crippen molar-refractivity contribution in [2.24, 2.45) is 0 Å². The molecule has 88 valence electrons. The first kappa shape index (κ1) is 12.7. The van der Waals surface area contributed by atoms with Gasteiger partial charge < -0.3 is 10.4 Å². The van der Waals surface area contributed by atoms with E-state index in [0.29, 0.717) is 6.42 Å². The zero-order valence-electron chi connectivity index (χ0n) is 8.87. The fourth-order valence-corrected chi connectivity index (χ4v) is 1.18. The third-order valence-corrected chi connectivity index (χ3v) is 1.98. The fraction of sp³-hybridized carbons (Fsp3) is 0.167. The van der Waals surface area contributed by atoms with E-state index in [1.54, 1.807) is 0 Å². The highest BCUT2D eigenvalue weighted by Gasteiger charge is 2.11. The van der Waals surface area contributed by atoms with Crippen LogP contribution in [0.25, 0.3) is 0 Å². The molecular formula is C12H10FNO3. The highest BCUT2D eigenvalue weighted by atomic mass is 19.1. The van der Waals surface area contributed by atoms with Gasteiger partial charge in [0.1, 0.15) is 5.82 Å². The molecule has 0 heterocycles. The van der Waals surface area contributed by atoms with Gasteiger partial charge in [-0.1, -0.05) is 0 Å². The van der Waals surface area contributed by atoms with Crippen LogP contribution in [0.2, 0.25) is 0 Å². The van der Waals surface area contributed by atoms with E-state index in [1.165, 1.54) is 6.07 Å². The van der Waals surface area contributed by atoms with E-state index in [2.05, 4.69) is 11.2 Å². The van der Waals surface area contributed by atoms with Crippen molar-refractivity contribution in [1.29, 1.82) is 0 Å². The van der Waals surface area contributed by atoms with E-state index in [4.69, 9.17) is 11.5 Å². The molecule has 5 heteroatoms. The molecule has 0 aliphatic carbocycles. The summed E-state index contributed by atoms with van der Waals surface area (Å²) < 4.78 is 13.2. The van der Waals surface area contributed by atoms with Gasteiger partial charge in [-0.05, 0) is 18.2 Å². The molecule has 0 fully saturated rings. The van der Waals surface area contributed by atoms with Crippen molar-refractivity contribution in [2.45, 2.75) is 12.8 Å². The van der Waals surface area contributed by atoms with Crippen molar-refractivity contribution in [1.82, 2.24) is 0 Å². The van der Waals surface area contributed by atoms with E-state index >= 15 is 0 Å². The van der Waals surface area contributed by atoms with Gasteiger partial charge in [-0.2, -0.15) is 0 Å². The summed E-state index contributed by atoms with van der Waals surface area (Å²) in [5.41, 5.74) is -0.235. The standard InChI is InChI=1S/C12H10FNO3/c1-2-3-4-11(15)14-8-5-6-9(12(16)17)10(13)7-8/h1,5-7H,3-4H2,(H,14,15)(H,16,17). The monoisotopic (exact) mass is 235 g/mol. The number of benzene rings is 1. The Morgan fingerprint density at radius 2 is 2.18 bits per heavy atom. The first-order valence-electron chi connectivity index (χ1n) is 4.80. The number of carbonyl (C=O) groups excluding carboxylic acids is 1.